The van der Waals surface area contributed by atoms with Crippen LogP contribution in [-0.2, 0) is 13.0 Å². The lowest BCUT2D eigenvalue weighted by Crippen LogP contribution is -2.09. The lowest BCUT2D eigenvalue weighted by molar-refractivity contribution is 0.397. The Morgan fingerprint density at radius 1 is 1.24 bits per heavy atom. The van der Waals surface area contributed by atoms with Gasteiger partial charge in [-0.3, -0.25) is 0 Å². The van der Waals surface area contributed by atoms with E-state index in [9.17, 15) is 0 Å². The Hall–Kier alpha value is -2.37. The first-order valence-corrected chi connectivity index (χ1v) is 6.96. The summed E-state index contributed by atoms with van der Waals surface area (Å²) in [7, 11) is 3.48. The number of anilines is 2. The van der Waals surface area contributed by atoms with E-state index in [-0.39, 0.29) is 0 Å². The Kier molecular flexibility index (Phi) is 4.92. The zero-order chi connectivity index (χ0) is 15.2. The van der Waals surface area contributed by atoms with Crippen LogP contribution < -0.4 is 15.4 Å². The van der Waals surface area contributed by atoms with Gasteiger partial charge in [0.2, 0.25) is 5.88 Å². The molecule has 0 unspecified atom stereocenters. The van der Waals surface area contributed by atoms with Crippen LogP contribution >= 0.6 is 0 Å². The average Bonchev–Trinajstić information content (AvgIpc) is 2.54. The van der Waals surface area contributed by atoms with Gasteiger partial charge in [-0.25, -0.2) is 15.0 Å². The van der Waals surface area contributed by atoms with E-state index in [0.29, 0.717) is 12.4 Å². The number of pyridine rings is 1. The van der Waals surface area contributed by atoms with E-state index < -0.39 is 0 Å². The highest BCUT2D eigenvalue weighted by atomic mass is 16.5. The van der Waals surface area contributed by atoms with Crippen molar-refractivity contribution in [3.05, 3.63) is 35.3 Å². The number of nitrogens with one attached hydrogen (secondary N) is 2. The monoisotopic (exact) mass is 287 g/mol. The van der Waals surface area contributed by atoms with Crippen molar-refractivity contribution in [2.45, 2.75) is 26.8 Å². The van der Waals surface area contributed by atoms with Crippen LogP contribution in [0.3, 0.4) is 0 Å². The van der Waals surface area contributed by atoms with Gasteiger partial charge in [-0.05, 0) is 18.6 Å². The first-order chi connectivity index (χ1) is 10.2. The Morgan fingerprint density at radius 2 is 2.00 bits per heavy atom. The summed E-state index contributed by atoms with van der Waals surface area (Å²) in [5.41, 5.74) is 2.10. The molecule has 6 heteroatoms. The molecule has 6 nitrogen and oxygen atoms in total. The van der Waals surface area contributed by atoms with Gasteiger partial charge in [0.15, 0.2) is 0 Å². The molecule has 2 heterocycles. The number of nitrogens with zero attached hydrogens (tertiary/aromatic N) is 3. The van der Waals surface area contributed by atoms with Crippen LogP contribution in [0.15, 0.2) is 18.3 Å². The number of aromatic nitrogens is 3. The van der Waals surface area contributed by atoms with Crippen LogP contribution in [0.2, 0.25) is 0 Å². The smallest absolute Gasteiger partial charge is 0.213 e. The standard InChI is InChI=1S/C15H21N5O/c1-5-12-19-14(16-3)10(2)15(20-12)18-9-11-6-7-17-13(8-11)21-4/h6-8H,5,9H2,1-4H3,(H2,16,18,19,20). The second kappa shape index (κ2) is 6.88. The maximum atomic E-state index is 5.13. The molecular weight excluding hydrogens is 266 g/mol. The molecule has 0 aliphatic rings. The maximum Gasteiger partial charge on any atom is 0.213 e. The van der Waals surface area contributed by atoms with E-state index in [2.05, 4.69) is 25.6 Å². The van der Waals surface area contributed by atoms with Gasteiger partial charge in [0, 0.05) is 37.8 Å². The largest absolute Gasteiger partial charge is 0.481 e. The first-order valence-electron chi connectivity index (χ1n) is 6.96. The number of rotatable bonds is 6. The van der Waals surface area contributed by atoms with Crippen molar-refractivity contribution in [2.24, 2.45) is 0 Å². The summed E-state index contributed by atoms with van der Waals surface area (Å²) in [6, 6.07) is 3.86. The van der Waals surface area contributed by atoms with Crippen LogP contribution in [0.25, 0.3) is 0 Å². The molecule has 0 spiro atoms. The van der Waals surface area contributed by atoms with E-state index in [1.54, 1.807) is 13.3 Å². The summed E-state index contributed by atoms with van der Waals surface area (Å²) in [5.74, 6) is 3.14. The molecule has 2 aromatic rings. The molecule has 0 saturated carbocycles. The molecule has 0 aromatic carbocycles. The summed E-state index contributed by atoms with van der Waals surface area (Å²) in [5, 5.41) is 6.46. The van der Waals surface area contributed by atoms with Crippen LogP contribution in [0.5, 0.6) is 5.88 Å². The number of hydrogen-bond donors (Lipinski definition) is 2. The van der Waals surface area contributed by atoms with Gasteiger partial charge in [-0.1, -0.05) is 6.92 Å². The van der Waals surface area contributed by atoms with Gasteiger partial charge in [-0.2, -0.15) is 0 Å². The van der Waals surface area contributed by atoms with Crippen LogP contribution in [0, 0.1) is 6.92 Å². The van der Waals surface area contributed by atoms with E-state index in [0.717, 1.165) is 35.0 Å². The van der Waals surface area contributed by atoms with Gasteiger partial charge >= 0.3 is 0 Å². The van der Waals surface area contributed by atoms with E-state index in [1.807, 2.05) is 33.0 Å². The second-order valence-corrected chi connectivity index (χ2v) is 4.63. The molecule has 112 valence electrons. The summed E-state index contributed by atoms with van der Waals surface area (Å²) in [4.78, 5) is 13.1. The van der Waals surface area contributed by atoms with E-state index in [4.69, 9.17) is 4.74 Å². The highest BCUT2D eigenvalue weighted by Crippen LogP contribution is 2.20. The highest BCUT2D eigenvalue weighted by Gasteiger charge is 2.09. The molecule has 0 aliphatic carbocycles. The summed E-state index contributed by atoms with van der Waals surface area (Å²) >= 11 is 0. The predicted molar refractivity (Wildman–Crippen MR) is 83.8 cm³/mol. The van der Waals surface area contributed by atoms with Crippen molar-refractivity contribution < 1.29 is 4.74 Å². The topological polar surface area (TPSA) is 72.0 Å². The molecule has 0 atom stereocenters. The SMILES string of the molecule is CCc1nc(NC)c(C)c(NCc2ccnc(OC)c2)n1. The lowest BCUT2D eigenvalue weighted by atomic mass is 10.2. The number of aryl methyl sites for hydroxylation is 1. The summed E-state index contributed by atoms with van der Waals surface area (Å²) in [6.07, 6.45) is 2.53. The molecule has 0 fully saturated rings. The Labute approximate surface area is 125 Å². The molecule has 0 amide bonds. The Bertz CT molecular complexity index is 615. The average molecular weight is 287 g/mol. The highest BCUT2D eigenvalue weighted by molar-refractivity contribution is 5.57. The number of methoxy groups -OCH3 is 1. The van der Waals surface area contributed by atoms with E-state index in [1.165, 1.54) is 0 Å². The molecular formula is C15H21N5O. The van der Waals surface area contributed by atoms with Crippen LogP contribution in [0.1, 0.15) is 23.9 Å². The molecule has 0 aliphatic heterocycles. The Balaban J connectivity index is 2.18. The third-order valence-corrected chi connectivity index (χ3v) is 3.21. The van der Waals surface area contributed by atoms with Crippen molar-refractivity contribution in [1.29, 1.82) is 0 Å². The van der Waals surface area contributed by atoms with E-state index >= 15 is 0 Å². The predicted octanol–water partition coefficient (Wildman–Crippen LogP) is 2.40. The number of ether oxygens (including phenoxy) is 1. The quantitative estimate of drug-likeness (QED) is 0.850. The minimum absolute atomic E-state index is 0.610. The fraction of sp³-hybridized carbons (Fsp3) is 0.400. The lowest BCUT2D eigenvalue weighted by Gasteiger charge is -2.13. The normalized spacial score (nSPS) is 10.3. The molecule has 0 bridgehead atoms. The van der Waals surface area contributed by atoms with Crippen molar-refractivity contribution in [3.63, 3.8) is 0 Å². The molecule has 2 N–H and O–H groups in total. The molecule has 0 radical (unpaired) electrons. The maximum absolute atomic E-state index is 5.13. The number of hydrogen-bond acceptors (Lipinski definition) is 6. The van der Waals surface area contributed by atoms with Crippen molar-refractivity contribution in [3.8, 4) is 5.88 Å². The third-order valence-electron chi connectivity index (χ3n) is 3.21. The van der Waals surface area contributed by atoms with Gasteiger partial charge in [0.1, 0.15) is 17.5 Å². The minimum Gasteiger partial charge on any atom is -0.481 e. The summed E-state index contributed by atoms with van der Waals surface area (Å²) in [6.45, 7) is 4.70. The zero-order valence-corrected chi connectivity index (χ0v) is 12.9. The fourth-order valence-corrected chi connectivity index (χ4v) is 1.99. The third kappa shape index (κ3) is 3.59. The summed E-state index contributed by atoms with van der Waals surface area (Å²) < 4.78 is 5.13. The molecule has 2 aromatic heterocycles. The van der Waals surface area contributed by atoms with Crippen molar-refractivity contribution in [2.75, 3.05) is 24.8 Å². The van der Waals surface area contributed by atoms with Gasteiger partial charge < -0.3 is 15.4 Å². The van der Waals surface area contributed by atoms with Crippen LogP contribution in [0.4, 0.5) is 11.6 Å². The van der Waals surface area contributed by atoms with Crippen molar-refractivity contribution in [1.82, 2.24) is 15.0 Å². The molecule has 2 rings (SSSR count). The molecule has 21 heavy (non-hydrogen) atoms. The van der Waals surface area contributed by atoms with Crippen LogP contribution in [-0.4, -0.2) is 29.1 Å². The zero-order valence-electron chi connectivity index (χ0n) is 12.9. The second-order valence-electron chi connectivity index (χ2n) is 4.63. The van der Waals surface area contributed by atoms with Gasteiger partial charge in [0.25, 0.3) is 0 Å². The molecule has 0 saturated heterocycles. The fourth-order valence-electron chi connectivity index (χ4n) is 1.99. The Morgan fingerprint density at radius 3 is 2.67 bits per heavy atom. The van der Waals surface area contributed by atoms with Gasteiger partial charge in [0.05, 0.1) is 7.11 Å². The van der Waals surface area contributed by atoms with Gasteiger partial charge in [-0.15, -0.1) is 0 Å². The van der Waals surface area contributed by atoms with Crippen molar-refractivity contribution >= 4 is 11.6 Å². The first kappa shape index (κ1) is 15.0. The minimum atomic E-state index is 0.610.